The summed E-state index contributed by atoms with van der Waals surface area (Å²) in [6, 6.07) is 5.71. The molecule has 1 aromatic carbocycles. The normalized spacial score (nSPS) is 20.7. The molecule has 1 N–H and O–H groups in total. The number of hydrogen-bond donors (Lipinski definition) is 1. The highest BCUT2D eigenvalue weighted by atomic mass is 16.6. The van der Waals surface area contributed by atoms with Crippen molar-refractivity contribution in [2.75, 3.05) is 26.4 Å². The van der Waals surface area contributed by atoms with Gasteiger partial charge in [0.2, 0.25) is 5.91 Å². The minimum atomic E-state index is -0.631. The minimum absolute atomic E-state index is 0.000298. The second-order valence-electron chi connectivity index (χ2n) is 6.33. The van der Waals surface area contributed by atoms with Gasteiger partial charge in [0.05, 0.1) is 11.5 Å². The summed E-state index contributed by atoms with van der Waals surface area (Å²) >= 11 is 0. The first kappa shape index (κ1) is 15.2. The molecule has 0 aliphatic carbocycles. The molecule has 3 rings (SSSR count). The van der Waals surface area contributed by atoms with E-state index in [2.05, 4.69) is 5.32 Å². The van der Waals surface area contributed by atoms with E-state index in [9.17, 15) is 4.79 Å². The van der Waals surface area contributed by atoms with Gasteiger partial charge in [-0.1, -0.05) is 6.07 Å². The van der Waals surface area contributed by atoms with Crippen molar-refractivity contribution >= 4 is 5.91 Å². The van der Waals surface area contributed by atoms with E-state index in [-0.39, 0.29) is 12.0 Å². The Morgan fingerprint density at radius 1 is 1.23 bits per heavy atom. The second kappa shape index (κ2) is 6.16. The number of ether oxygens (including phenoxy) is 3. The molecule has 1 aromatic rings. The molecule has 0 bridgehead atoms. The smallest absolute Gasteiger partial charge is 0.230 e. The van der Waals surface area contributed by atoms with Crippen molar-refractivity contribution in [3.63, 3.8) is 0 Å². The van der Waals surface area contributed by atoms with Gasteiger partial charge in [-0.05, 0) is 44.4 Å². The molecule has 1 atom stereocenters. The lowest BCUT2D eigenvalue weighted by atomic mass is 9.83. The van der Waals surface area contributed by atoms with E-state index in [1.54, 1.807) is 0 Å². The molecular weight excluding hydrogens is 282 g/mol. The number of nitrogens with one attached hydrogen (secondary N) is 1. The molecule has 0 saturated carbocycles. The quantitative estimate of drug-likeness (QED) is 0.925. The van der Waals surface area contributed by atoms with Crippen LogP contribution in [0, 0.1) is 0 Å². The van der Waals surface area contributed by atoms with Crippen LogP contribution >= 0.6 is 0 Å². The van der Waals surface area contributed by atoms with Crippen LogP contribution in [-0.2, 0) is 14.9 Å². The largest absolute Gasteiger partial charge is 0.486 e. The monoisotopic (exact) mass is 305 g/mol. The number of fused-ring (bicyclic) bond motifs is 1. The van der Waals surface area contributed by atoms with Gasteiger partial charge >= 0.3 is 0 Å². The summed E-state index contributed by atoms with van der Waals surface area (Å²) < 4.78 is 16.7. The third kappa shape index (κ3) is 3.04. The zero-order valence-electron chi connectivity index (χ0n) is 13.2. The van der Waals surface area contributed by atoms with E-state index in [1.165, 1.54) is 0 Å². The predicted molar refractivity (Wildman–Crippen MR) is 82.4 cm³/mol. The first-order valence-corrected chi connectivity index (χ1v) is 7.87. The van der Waals surface area contributed by atoms with Crippen LogP contribution in [0.25, 0.3) is 0 Å². The van der Waals surface area contributed by atoms with Crippen molar-refractivity contribution in [1.82, 2.24) is 5.32 Å². The van der Waals surface area contributed by atoms with Gasteiger partial charge in [-0.15, -0.1) is 0 Å². The van der Waals surface area contributed by atoms with Crippen molar-refractivity contribution in [1.29, 1.82) is 0 Å². The Kier molecular flexibility index (Phi) is 4.25. The van der Waals surface area contributed by atoms with Crippen LogP contribution in [0.15, 0.2) is 18.2 Å². The van der Waals surface area contributed by atoms with Gasteiger partial charge in [0.25, 0.3) is 0 Å². The van der Waals surface area contributed by atoms with Crippen LogP contribution in [-0.4, -0.2) is 38.4 Å². The predicted octanol–water partition coefficient (Wildman–Crippen LogP) is 2.03. The number of carbonyl (C=O) groups is 1. The molecule has 5 nitrogen and oxygen atoms in total. The minimum Gasteiger partial charge on any atom is -0.486 e. The first-order chi connectivity index (χ1) is 10.6. The lowest BCUT2D eigenvalue weighted by Gasteiger charge is -2.27. The Labute approximate surface area is 130 Å². The van der Waals surface area contributed by atoms with Gasteiger partial charge < -0.3 is 19.5 Å². The van der Waals surface area contributed by atoms with E-state index in [0.29, 0.717) is 25.5 Å². The molecule has 120 valence electrons. The Morgan fingerprint density at radius 3 is 2.73 bits per heavy atom. The molecular formula is C17H23NO4. The Hall–Kier alpha value is -1.75. The van der Waals surface area contributed by atoms with Gasteiger partial charge in [-0.2, -0.15) is 0 Å². The molecule has 2 heterocycles. The molecule has 0 radical (unpaired) electrons. The van der Waals surface area contributed by atoms with Crippen LogP contribution in [0.1, 0.15) is 32.3 Å². The van der Waals surface area contributed by atoms with Gasteiger partial charge in [-0.3, -0.25) is 4.79 Å². The van der Waals surface area contributed by atoms with E-state index >= 15 is 0 Å². The maximum Gasteiger partial charge on any atom is 0.230 e. The number of benzene rings is 1. The summed E-state index contributed by atoms with van der Waals surface area (Å²) in [4.78, 5) is 12.6. The average molecular weight is 305 g/mol. The van der Waals surface area contributed by atoms with Crippen LogP contribution in [0.4, 0.5) is 0 Å². The van der Waals surface area contributed by atoms with Gasteiger partial charge in [0.1, 0.15) is 13.2 Å². The number of hydrogen-bond acceptors (Lipinski definition) is 4. The van der Waals surface area contributed by atoms with Crippen molar-refractivity contribution in [3.8, 4) is 11.5 Å². The summed E-state index contributed by atoms with van der Waals surface area (Å²) in [5.41, 5.74) is 0.288. The van der Waals surface area contributed by atoms with Gasteiger partial charge in [-0.25, -0.2) is 0 Å². The molecule has 5 heteroatoms. The van der Waals surface area contributed by atoms with Crippen LogP contribution in [0.2, 0.25) is 0 Å². The van der Waals surface area contributed by atoms with Crippen molar-refractivity contribution in [2.24, 2.45) is 0 Å². The second-order valence-corrected chi connectivity index (χ2v) is 6.33. The highest BCUT2D eigenvalue weighted by molar-refractivity contribution is 5.87. The zero-order valence-corrected chi connectivity index (χ0v) is 13.2. The molecule has 22 heavy (non-hydrogen) atoms. The fraction of sp³-hybridized carbons (Fsp3) is 0.588. The fourth-order valence-corrected chi connectivity index (χ4v) is 2.80. The van der Waals surface area contributed by atoms with Gasteiger partial charge in [0, 0.05) is 13.2 Å². The molecule has 0 spiro atoms. The summed E-state index contributed by atoms with van der Waals surface area (Å²) in [5, 5.41) is 3.01. The first-order valence-electron chi connectivity index (χ1n) is 7.87. The van der Waals surface area contributed by atoms with E-state index in [4.69, 9.17) is 14.2 Å². The van der Waals surface area contributed by atoms with Gasteiger partial charge in [0.15, 0.2) is 11.5 Å². The van der Waals surface area contributed by atoms with Crippen molar-refractivity contribution in [2.45, 2.75) is 38.2 Å². The van der Waals surface area contributed by atoms with Crippen LogP contribution in [0.5, 0.6) is 11.5 Å². The maximum absolute atomic E-state index is 12.6. The summed E-state index contributed by atoms with van der Waals surface area (Å²) in [6.45, 7) is 6.32. The van der Waals surface area contributed by atoms with Crippen molar-refractivity contribution < 1.29 is 19.0 Å². The van der Waals surface area contributed by atoms with Crippen molar-refractivity contribution in [3.05, 3.63) is 23.8 Å². The number of amides is 1. The van der Waals surface area contributed by atoms with E-state index in [0.717, 1.165) is 30.8 Å². The molecule has 2 aliphatic rings. The maximum atomic E-state index is 12.6. The fourth-order valence-electron chi connectivity index (χ4n) is 2.80. The van der Waals surface area contributed by atoms with Crippen LogP contribution < -0.4 is 14.8 Å². The Bertz CT molecular complexity index is 550. The Morgan fingerprint density at radius 2 is 2.00 bits per heavy atom. The molecule has 2 aliphatic heterocycles. The number of rotatable bonds is 4. The highest BCUT2D eigenvalue weighted by Crippen LogP contribution is 2.35. The van der Waals surface area contributed by atoms with Crippen LogP contribution in [0.3, 0.4) is 0 Å². The number of carbonyl (C=O) groups excluding carboxylic acids is 1. The zero-order chi connectivity index (χ0) is 15.6. The van der Waals surface area contributed by atoms with E-state index in [1.807, 2.05) is 32.0 Å². The third-order valence-corrected chi connectivity index (χ3v) is 4.35. The lowest BCUT2D eigenvalue weighted by Crippen LogP contribution is -2.43. The SMILES string of the molecule is CC(C)(C(=O)NCC1CCCO1)c1ccc2c(c1)OCCO2. The molecule has 1 amide bonds. The summed E-state index contributed by atoms with van der Waals surface area (Å²) in [5.74, 6) is 1.45. The third-order valence-electron chi connectivity index (χ3n) is 4.35. The lowest BCUT2D eigenvalue weighted by molar-refractivity contribution is -0.126. The Balaban J connectivity index is 1.69. The summed E-state index contributed by atoms with van der Waals surface area (Å²) in [7, 11) is 0. The average Bonchev–Trinajstić information content (AvgIpc) is 3.05. The molecule has 0 aromatic heterocycles. The van der Waals surface area contributed by atoms with E-state index < -0.39 is 5.41 Å². The topological polar surface area (TPSA) is 56.8 Å². The molecule has 1 fully saturated rings. The molecule has 1 saturated heterocycles. The summed E-state index contributed by atoms with van der Waals surface area (Å²) in [6.07, 6.45) is 2.25. The highest BCUT2D eigenvalue weighted by Gasteiger charge is 2.31. The molecule has 1 unspecified atom stereocenters. The standard InChI is InChI=1S/C17H23NO4/c1-17(2,16(19)18-11-13-4-3-7-20-13)12-5-6-14-15(10-12)22-9-8-21-14/h5-6,10,13H,3-4,7-9,11H2,1-2H3,(H,18,19).